The molecule has 0 radical (unpaired) electrons. The average molecular weight is 254 g/mol. The van der Waals surface area contributed by atoms with Crippen molar-refractivity contribution in [2.45, 2.75) is 0 Å². The molecule has 6 nitrogen and oxygen atoms in total. The first-order valence-electron chi connectivity index (χ1n) is 5.64. The highest BCUT2D eigenvalue weighted by Crippen LogP contribution is 2.27. The van der Waals surface area contributed by atoms with E-state index in [1.165, 1.54) is 6.07 Å². The maximum atomic E-state index is 11.1. The van der Waals surface area contributed by atoms with Crippen LogP contribution in [0.5, 0.6) is 0 Å². The molecule has 1 aromatic heterocycles. The van der Waals surface area contributed by atoms with Crippen LogP contribution in [0.3, 0.4) is 0 Å². The van der Waals surface area contributed by atoms with Crippen LogP contribution < -0.4 is 5.73 Å². The summed E-state index contributed by atoms with van der Waals surface area (Å²) in [7, 11) is 0. The first-order chi connectivity index (χ1) is 9.18. The number of benzene rings is 2. The third-order valence-electron chi connectivity index (χ3n) is 2.95. The van der Waals surface area contributed by atoms with E-state index in [9.17, 15) is 10.1 Å². The van der Waals surface area contributed by atoms with Gasteiger partial charge in [0, 0.05) is 6.07 Å². The minimum atomic E-state index is -0.409. The third kappa shape index (κ3) is 1.70. The smallest absolute Gasteiger partial charge is 0.293 e. The lowest BCUT2D eigenvalue weighted by atomic mass is 10.2. The van der Waals surface area contributed by atoms with Crippen LogP contribution >= 0.6 is 0 Å². The molecule has 19 heavy (non-hydrogen) atoms. The standard InChI is InChI=1S/C13H10N4O2/c14-9-4-3-7-12-13(9)15-8-16(12)10-5-1-2-6-11(10)17(18)19/h1-8H,14H2. The summed E-state index contributed by atoms with van der Waals surface area (Å²) in [5.74, 6) is 0. The summed E-state index contributed by atoms with van der Waals surface area (Å²) in [6.45, 7) is 0. The average Bonchev–Trinajstić information content (AvgIpc) is 2.84. The molecule has 0 aliphatic rings. The van der Waals surface area contributed by atoms with Crippen molar-refractivity contribution in [2.24, 2.45) is 0 Å². The van der Waals surface area contributed by atoms with Gasteiger partial charge in [-0.25, -0.2) is 4.98 Å². The molecular weight excluding hydrogens is 244 g/mol. The van der Waals surface area contributed by atoms with E-state index in [1.807, 2.05) is 6.07 Å². The molecule has 0 atom stereocenters. The Balaban J connectivity index is 2.32. The minimum Gasteiger partial charge on any atom is -0.397 e. The van der Waals surface area contributed by atoms with Gasteiger partial charge in [0.25, 0.3) is 5.69 Å². The van der Waals surface area contributed by atoms with E-state index >= 15 is 0 Å². The fourth-order valence-corrected chi connectivity index (χ4v) is 2.08. The number of para-hydroxylation sites is 3. The van der Waals surface area contributed by atoms with Gasteiger partial charge in [-0.15, -0.1) is 0 Å². The highest BCUT2D eigenvalue weighted by molar-refractivity contribution is 5.88. The predicted octanol–water partition coefficient (Wildman–Crippen LogP) is 2.52. The number of nitro groups is 1. The van der Waals surface area contributed by atoms with Crippen LogP contribution in [0.15, 0.2) is 48.8 Å². The molecule has 0 saturated carbocycles. The Morgan fingerprint density at radius 1 is 1.16 bits per heavy atom. The molecule has 2 N–H and O–H groups in total. The molecular formula is C13H10N4O2. The topological polar surface area (TPSA) is 87.0 Å². The summed E-state index contributed by atoms with van der Waals surface area (Å²) < 4.78 is 1.67. The van der Waals surface area contributed by atoms with Crippen LogP contribution in [-0.2, 0) is 0 Å². The number of hydrogen-bond donors (Lipinski definition) is 1. The van der Waals surface area contributed by atoms with Gasteiger partial charge in [0.05, 0.1) is 16.1 Å². The quantitative estimate of drug-likeness (QED) is 0.432. The van der Waals surface area contributed by atoms with Crippen LogP contribution in [0.25, 0.3) is 16.7 Å². The van der Waals surface area contributed by atoms with Crippen molar-refractivity contribution < 1.29 is 4.92 Å². The largest absolute Gasteiger partial charge is 0.397 e. The molecule has 0 bridgehead atoms. The summed E-state index contributed by atoms with van der Waals surface area (Å²) in [4.78, 5) is 14.9. The van der Waals surface area contributed by atoms with Crippen molar-refractivity contribution in [2.75, 3.05) is 5.73 Å². The maximum absolute atomic E-state index is 11.1. The molecule has 3 aromatic rings. The summed E-state index contributed by atoms with van der Waals surface area (Å²) in [6, 6.07) is 11.9. The van der Waals surface area contributed by atoms with Gasteiger partial charge in [-0.2, -0.15) is 0 Å². The summed E-state index contributed by atoms with van der Waals surface area (Å²) >= 11 is 0. The molecule has 0 unspecified atom stereocenters. The first-order valence-corrected chi connectivity index (χ1v) is 5.64. The highest BCUT2D eigenvalue weighted by Gasteiger charge is 2.16. The van der Waals surface area contributed by atoms with Gasteiger partial charge in [-0.1, -0.05) is 18.2 Å². The first kappa shape index (κ1) is 11.2. The van der Waals surface area contributed by atoms with E-state index in [4.69, 9.17) is 5.73 Å². The van der Waals surface area contributed by atoms with Crippen LogP contribution in [0, 0.1) is 10.1 Å². The van der Waals surface area contributed by atoms with E-state index in [0.717, 1.165) is 5.52 Å². The third-order valence-corrected chi connectivity index (χ3v) is 2.95. The molecule has 1 heterocycles. The molecule has 94 valence electrons. The van der Waals surface area contributed by atoms with E-state index < -0.39 is 4.92 Å². The zero-order chi connectivity index (χ0) is 13.4. The number of nitro benzene ring substituents is 1. The van der Waals surface area contributed by atoms with Crippen molar-refractivity contribution in [3.63, 3.8) is 0 Å². The fourth-order valence-electron chi connectivity index (χ4n) is 2.08. The Hall–Kier alpha value is -2.89. The van der Waals surface area contributed by atoms with Gasteiger partial charge in [-0.05, 0) is 18.2 Å². The summed E-state index contributed by atoms with van der Waals surface area (Å²) in [6.07, 6.45) is 1.54. The fraction of sp³-hybridized carbons (Fsp3) is 0. The summed E-state index contributed by atoms with van der Waals surface area (Å²) in [5.41, 5.74) is 8.28. The molecule has 0 amide bonds. The molecule has 2 aromatic carbocycles. The van der Waals surface area contributed by atoms with Crippen molar-refractivity contribution in [3.8, 4) is 5.69 Å². The van der Waals surface area contributed by atoms with Gasteiger partial charge in [0.1, 0.15) is 17.5 Å². The zero-order valence-electron chi connectivity index (χ0n) is 9.85. The SMILES string of the molecule is Nc1cccc2c1ncn2-c1ccccc1[N+](=O)[O-]. The lowest BCUT2D eigenvalue weighted by Crippen LogP contribution is -1.98. The summed E-state index contributed by atoms with van der Waals surface area (Å²) in [5, 5.41) is 11.1. The molecule has 0 aliphatic heterocycles. The lowest BCUT2D eigenvalue weighted by Gasteiger charge is -2.05. The van der Waals surface area contributed by atoms with Gasteiger partial charge in [0.2, 0.25) is 0 Å². The number of rotatable bonds is 2. The van der Waals surface area contributed by atoms with Crippen molar-refractivity contribution >= 4 is 22.4 Å². The second-order valence-electron chi connectivity index (χ2n) is 4.08. The van der Waals surface area contributed by atoms with Crippen molar-refractivity contribution in [1.29, 1.82) is 0 Å². The lowest BCUT2D eigenvalue weighted by molar-refractivity contribution is -0.384. The predicted molar refractivity (Wildman–Crippen MR) is 72.1 cm³/mol. The highest BCUT2D eigenvalue weighted by atomic mass is 16.6. The normalized spacial score (nSPS) is 10.7. The van der Waals surface area contributed by atoms with Gasteiger partial charge in [0.15, 0.2) is 0 Å². The van der Waals surface area contributed by atoms with Crippen LogP contribution in [-0.4, -0.2) is 14.5 Å². The van der Waals surface area contributed by atoms with Crippen LogP contribution in [0.4, 0.5) is 11.4 Å². The molecule has 0 fully saturated rings. The van der Waals surface area contributed by atoms with E-state index in [1.54, 1.807) is 41.2 Å². The van der Waals surface area contributed by atoms with Crippen molar-refractivity contribution in [3.05, 3.63) is 58.9 Å². The Bertz CT molecular complexity index is 779. The minimum absolute atomic E-state index is 0.0317. The van der Waals surface area contributed by atoms with E-state index in [2.05, 4.69) is 4.98 Å². The Kier molecular flexibility index (Phi) is 2.42. The number of hydrogen-bond acceptors (Lipinski definition) is 4. The maximum Gasteiger partial charge on any atom is 0.293 e. The number of anilines is 1. The van der Waals surface area contributed by atoms with Crippen LogP contribution in [0.1, 0.15) is 0 Å². The molecule has 6 heteroatoms. The zero-order valence-corrected chi connectivity index (χ0v) is 9.85. The Morgan fingerprint density at radius 3 is 2.74 bits per heavy atom. The van der Waals surface area contributed by atoms with Gasteiger partial charge >= 0.3 is 0 Å². The monoisotopic (exact) mass is 254 g/mol. The van der Waals surface area contributed by atoms with E-state index in [-0.39, 0.29) is 5.69 Å². The second-order valence-corrected chi connectivity index (χ2v) is 4.08. The number of nitrogen functional groups attached to an aromatic ring is 1. The molecule has 0 spiro atoms. The Labute approximate surface area is 108 Å². The number of fused-ring (bicyclic) bond motifs is 1. The van der Waals surface area contributed by atoms with Gasteiger partial charge in [-0.3, -0.25) is 14.7 Å². The van der Waals surface area contributed by atoms with Gasteiger partial charge < -0.3 is 5.73 Å². The van der Waals surface area contributed by atoms with E-state index in [0.29, 0.717) is 16.9 Å². The number of nitrogens with zero attached hydrogens (tertiary/aromatic N) is 3. The molecule has 0 aliphatic carbocycles. The second kappa shape index (κ2) is 4.09. The number of aromatic nitrogens is 2. The molecule has 0 saturated heterocycles. The van der Waals surface area contributed by atoms with Crippen LogP contribution in [0.2, 0.25) is 0 Å². The Morgan fingerprint density at radius 2 is 1.95 bits per heavy atom. The molecule has 3 rings (SSSR count). The van der Waals surface area contributed by atoms with Crippen molar-refractivity contribution in [1.82, 2.24) is 9.55 Å². The number of imidazole rings is 1. The number of nitrogens with two attached hydrogens (primary N) is 1.